The second kappa shape index (κ2) is 43.1. The van der Waals surface area contributed by atoms with Crippen LogP contribution >= 0.6 is 0 Å². The number of Topliss-reactive ketones (excluding diaryl/α,β-unsaturated/α-hetero) is 2. The highest BCUT2D eigenvalue weighted by molar-refractivity contribution is 6.00. The summed E-state index contributed by atoms with van der Waals surface area (Å²) < 4.78 is 21.0. The average Bonchev–Trinajstić information content (AvgIpc) is 0.847. The van der Waals surface area contributed by atoms with Gasteiger partial charge < -0.3 is 35.8 Å². The summed E-state index contributed by atoms with van der Waals surface area (Å²) in [5, 5.41) is 53.4. The molecule has 4 saturated heterocycles. The molecule has 0 atom stereocenters. The van der Waals surface area contributed by atoms with Crippen molar-refractivity contribution in [2.75, 3.05) is 66.1 Å². The van der Waals surface area contributed by atoms with E-state index in [1.54, 1.807) is 60.7 Å². The monoisotopic (exact) mass is 1490 g/mol. The van der Waals surface area contributed by atoms with Crippen molar-refractivity contribution >= 4 is 47.1 Å². The molecular formula is C88H95FN10O11. The van der Waals surface area contributed by atoms with Crippen molar-refractivity contribution in [3.63, 3.8) is 0 Å². The normalized spacial score (nSPS) is 14.9. The van der Waals surface area contributed by atoms with Gasteiger partial charge in [0.15, 0.2) is 11.6 Å². The van der Waals surface area contributed by atoms with Gasteiger partial charge in [0, 0.05) is 123 Å². The van der Waals surface area contributed by atoms with Gasteiger partial charge in [-0.3, -0.25) is 47.9 Å². The predicted octanol–water partition coefficient (Wildman–Crippen LogP) is 13.4. The SMILES string of the molecule is CC(=O)c1ccc(C(=O)NC2CCN(Cc3ccc(C#N)cc3)CC2)cc1.CC(=O)c1ccc(C(=O)O)cc1.CCOc1ccc(CC2CCN(C(=O)c3ccc(C(=O)NC4CCN(Cc5ccc(C#N)cc5)CC4)cc3)CC2)cc1.N#Cc1ccc(CN2CCC(NC(=O)c3ccc(C(=O)O)cc3)CC2)cc1.[2H]CF. The number of nitrogens with zero attached hydrogens (tertiary/aromatic N) is 7. The van der Waals surface area contributed by atoms with Crippen LogP contribution < -0.4 is 20.7 Å². The molecule has 12 rings (SSSR count). The predicted molar refractivity (Wildman–Crippen MR) is 417 cm³/mol. The summed E-state index contributed by atoms with van der Waals surface area (Å²) >= 11 is 0. The van der Waals surface area contributed by atoms with E-state index >= 15 is 0 Å². The summed E-state index contributed by atoms with van der Waals surface area (Å²) in [5.41, 5.74) is 10.7. The Hall–Kier alpha value is -12.0. The Kier molecular flexibility index (Phi) is 32.2. The lowest BCUT2D eigenvalue weighted by molar-refractivity contribution is 0.0683. The number of amides is 4. The zero-order valence-electron chi connectivity index (χ0n) is 63.4. The molecule has 110 heavy (non-hydrogen) atoms. The topological polar surface area (TPSA) is 307 Å². The van der Waals surface area contributed by atoms with Crippen LogP contribution in [0.25, 0.3) is 0 Å². The number of hydrogen-bond donors (Lipinski definition) is 5. The number of nitriles is 3. The van der Waals surface area contributed by atoms with Gasteiger partial charge in [-0.05, 0) is 228 Å². The van der Waals surface area contributed by atoms with E-state index in [-0.39, 0.29) is 64.4 Å². The van der Waals surface area contributed by atoms with Gasteiger partial charge in [-0.2, -0.15) is 15.8 Å². The lowest BCUT2D eigenvalue weighted by atomic mass is 9.90. The van der Waals surface area contributed by atoms with Crippen LogP contribution in [-0.2, 0) is 26.1 Å². The minimum Gasteiger partial charge on any atom is -0.494 e. The van der Waals surface area contributed by atoms with Crippen LogP contribution in [0, 0.1) is 39.9 Å². The van der Waals surface area contributed by atoms with Crippen LogP contribution in [0.4, 0.5) is 4.39 Å². The zero-order valence-corrected chi connectivity index (χ0v) is 62.4. The fourth-order valence-electron chi connectivity index (χ4n) is 13.3. The minimum absolute atomic E-state index is 0.00315. The quantitative estimate of drug-likeness (QED) is 0.0418. The van der Waals surface area contributed by atoms with E-state index in [9.17, 15) is 42.7 Å². The average molecular weight is 1490 g/mol. The second-order valence-electron chi connectivity index (χ2n) is 27.5. The highest BCUT2D eigenvalue weighted by Gasteiger charge is 2.27. The fourth-order valence-corrected chi connectivity index (χ4v) is 13.3. The molecular weight excluding hydrogens is 1390 g/mol. The van der Waals surface area contributed by atoms with Crippen molar-refractivity contribution in [2.45, 2.75) is 116 Å². The van der Waals surface area contributed by atoms with Crippen LogP contribution in [-0.4, -0.2) is 161 Å². The Balaban J connectivity index is 0.000000196. The Morgan fingerprint density at radius 2 is 0.682 bits per heavy atom. The number of carboxylic acid groups (broad SMARTS) is 2. The summed E-state index contributed by atoms with van der Waals surface area (Å²) in [6.45, 7) is 15.1. The van der Waals surface area contributed by atoms with Crippen LogP contribution in [0.2, 0.25) is 0 Å². The third kappa shape index (κ3) is 26.4. The van der Waals surface area contributed by atoms with E-state index in [0.29, 0.717) is 62.6 Å². The molecule has 4 aliphatic rings. The van der Waals surface area contributed by atoms with Crippen molar-refractivity contribution in [3.8, 4) is 24.0 Å². The number of carboxylic acids is 2. The first-order chi connectivity index (χ1) is 53.6. The number of likely N-dealkylation sites (tertiary alicyclic amines) is 4. The number of alkyl halides is 1. The number of hydrogen-bond acceptors (Lipinski definition) is 15. The molecule has 0 aromatic heterocycles. The number of carbonyl (C=O) groups is 8. The molecule has 21 nitrogen and oxygen atoms in total. The molecule has 0 bridgehead atoms. The molecule has 0 spiro atoms. The Bertz CT molecular complexity index is 4320. The zero-order chi connectivity index (χ0) is 79.6. The first kappa shape index (κ1) is 82.1. The molecule has 5 N–H and O–H groups in total. The second-order valence-corrected chi connectivity index (χ2v) is 27.5. The molecule has 8 aromatic rings. The van der Waals surface area contributed by atoms with Gasteiger partial charge in [-0.1, -0.05) is 72.8 Å². The molecule has 0 saturated carbocycles. The molecule has 0 aliphatic carbocycles. The van der Waals surface area contributed by atoms with Gasteiger partial charge in [0.1, 0.15) is 5.75 Å². The molecule has 570 valence electrons. The van der Waals surface area contributed by atoms with Crippen LogP contribution in [0.15, 0.2) is 194 Å². The van der Waals surface area contributed by atoms with Crippen LogP contribution in [0.5, 0.6) is 5.75 Å². The molecule has 4 aliphatic heterocycles. The van der Waals surface area contributed by atoms with E-state index in [1.807, 2.05) is 96.8 Å². The van der Waals surface area contributed by atoms with E-state index < -0.39 is 19.1 Å². The summed E-state index contributed by atoms with van der Waals surface area (Å²) in [6.07, 6.45) is 8.36. The first-order valence-corrected chi connectivity index (χ1v) is 36.9. The third-order valence-corrected chi connectivity index (χ3v) is 19.8. The smallest absolute Gasteiger partial charge is 0.335 e. The number of rotatable bonds is 21. The molecule has 4 heterocycles. The fraction of sp³-hybridized carbons (Fsp3) is 0.330. The van der Waals surface area contributed by atoms with Gasteiger partial charge in [0.05, 0.1) is 61.2 Å². The van der Waals surface area contributed by atoms with Crippen molar-refractivity contribution < 1.29 is 59.1 Å². The van der Waals surface area contributed by atoms with Gasteiger partial charge in [-0.25, -0.2) is 9.59 Å². The highest BCUT2D eigenvalue weighted by Crippen LogP contribution is 2.26. The number of piperidine rings is 4. The minimum atomic E-state index is -1.00. The van der Waals surface area contributed by atoms with E-state index in [2.05, 4.69) is 61.0 Å². The van der Waals surface area contributed by atoms with Crippen LogP contribution in [0.1, 0.15) is 195 Å². The number of halogens is 1. The van der Waals surface area contributed by atoms with E-state index in [4.69, 9.17) is 32.1 Å². The molecule has 0 radical (unpaired) electrons. The Morgan fingerprint density at radius 1 is 0.409 bits per heavy atom. The lowest BCUT2D eigenvalue weighted by Crippen LogP contribution is -2.44. The molecule has 22 heteroatoms. The molecule has 8 aromatic carbocycles. The highest BCUT2D eigenvalue weighted by atomic mass is 19.1. The van der Waals surface area contributed by atoms with Crippen molar-refractivity contribution in [1.82, 2.24) is 35.6 Å². The van der Waals surface area contributed by atoms with Gasteiger partial charge in [0.25, 0.3) is 23.6 Å². The van der Waals surface area contributed by atoms with Gasteiger partial charge in [0.2, 0.25) is 0 Å². The van der Waals surface area contributed by atoms with Crippen molar-refractivity contribution in [3.05, 3.63) is 278 Å². The number of carbonyl (C=O) groups excluding carboxylic acids is 6. The first-order valence-electron chi connectivity index (χ1n) is 37.7. The van der Waals surface area contributed by atoms with Crippen LogP contribution in [0.3, 0.4) is 0 Å². The maximum absolute atomic E-state index is 13.1. The number of ether oxygens (including phenoxy) is 1. The maximum Gasteiger partial charge on any atom is 0.335 e. The summed E-state index contributed by atoms with van der Waals surface area (Å²) in [7, 11) is -1.00. The summed E-state index contributed by atoms with van der Waals surface area (Å²) in [6, 6.07) is 63.9. The number of benzene rings is 8. The summed E-state index contributed by atoms with van der Waals surface area (Å²) in [5.74, 6) is -0.882. The standard InChI is InChI=1S/C35H40N4O3.C22H23N3O2.C21H21N3O3.C9H8O3.CH3F/c1-2-42-33-13-7-26(8-14-33)23-27-15-21-39(22-16-27)35(41)31-11-9-30(10-12-31)34(40)37-32-17-19-38(20-18-32)25-29-5-3-28(24-36)4-6-29;1-16(26)19-6-8-20(9-7-19)22(27)24-21-10-12-25(13-11-21)15-18-4-2-17(14-23)3-5-18;22-13-15-1-3-16(4-2-15)14-24-11-9-19(10-12-24)23-20(25)17-5-7-18(8-6-17)21(26)27;1-6(10)7-2-4-8(5-3-7)9(11)12;1-2/h3-14,27,32H,2,15-23,25H2,1H3,(H,37,40);2-9,21H,10-13,15H2,1H3,(H,24,27);1-8,19H,9-12,14H2,(H,23,25)(H,26,27);2-5H,1H3,(H,11,12);1H3/i;;;;1D. The van der Waals surface area contributed by atoms with Crippen molar-refractivity contribution in [2.24, 2.45) is 5.92 Å². The number of nitrogens with one attached hydrogen (secondary N) is 3. The van der Waals surface area contributed by atoms with Crippen molar-refractivity contribution in [1.29, 1.82) is 15.8 Å². The number of ketones is 2. The largest absolute Gasteiger partial charge is 0.494 e. The maximum atomic E-state index is 13.1. The van der Waals surface area contributed by atoms with Gasteiger partial charge in [-0.15, -0.1) is 0 Å². The van der Waals surface area contributed by atoms with Gasteiger partial charge >= 0.3 is 11.9 Å². The molecule has 0 unspecified atom stereocenters. The third-order valence-electron chi connectivity index (χ3n) is 19.8. The Morgan fingerprint density at radius 3 is 0.955 bits per heavy atom. The van der Waals surface area contributed by atoms with E-state index in [0.717, 1.165) is 136 Å². The summed E-state index contributed by atoms with van der Waals surface area (Å²) in [4.78, 5) is 103. The van der Waals surface area contributed by atoms with E-state index in [1.165, 1.54) is 72.5 Å². The Labute approximate surface area is 644 Å². The number of aromatic carboxylic acids is 2. The molecule has 4 amide bonds. The molecule has 4 fully saturated rings. The lowest BCUT2D eigenvalue weighted by Gasteiger charge is -2.32.